The van der Waals surface area contributed by atoms with Crippen molar-refractivity contribution in [3.05, 3.63) is 23.7 Å². The first-order chi connectivity index (χ1) is 9.11. The van der Waals surface area contributed by atoms with E-state index in [4.69, 9.17) is 14.8 Å². The SMILES string of the molecule is N#CC(CC(=O)N1CCCC1)c1ccc(C(=O)O)o1. The minimum absolute atomic E-state index is 0.0308. The van der Waals surface area contributed by atoms with Gasteiger partial charge < -0.3 is 14.4 Å². The van der Waals surface area contributed by atoms with Gasteiger partial charge in [0.25, 0.3) is 0 Å². The van der Waals surface area contributed by atoms with Crippen molar-refractivity contribution in [2.24, 2.45) is 0 Å². The fraction of sp³-hybridized carbons (Fsp3) is 0.462. The van der Waals surface area contributed by atoms with Crippen LogP contribution in [0.1, 0.15) is 41.5 Å². The number of carboxylic acids is 1. The van der Waals surface area contributed by atoms with Crippen LogP contribution < -0.4 is 0 Å². The average molecular weight is 262 g/mol. The molecule has 0 radical (unpaired) electrons. The maximum atomic E-state index is 11.9. The van der Waals surface area contributed by atoms with Crippen LogP contribution in [-0.2, 0) is 4.79 Å². The molecule has 0 saturated carbocycles. The van der Waals surface area contributed by atoms with E-state index in [-0.39, 0.29) is 23.8 Å². The van der Waals surface area contributed by atoms with Crippen LogP contribution >= 0.6 is 0 Å². The molecule has 0 spiro atoms. The summed E-state index contributed by atoms with van der Waals surface area (Å²) >= 11 is 0. The molecule has 1 aliphatic heterocycles. The molecule has 19 heavy (non-hydrogen) atoms. The van der Waals surface area contributed by atoms with Gasteiger partial charge in [-0.1, -0.05) is 0 Å². The van der Waals surface area contributed by atoms with E-state index in [0.29, 0.717) is 0 Å². The summed E-state index contributed by atoms with van der Waals surface area (Å²) in [6, 6.07) is 4.72. The summed E-state index contributed by atoms with van der Waals surface area (Å²) in [5.74, 6) is -2.00. The van der Waals surface area contributed by atoms with E-state index < -0.39 is 11.9 Å². The van der Waals surface area contributed by atoms with Gasteiger partial charge in [-0.15, -0.1) is 0 Å². The molecule has 1 amide bonds. The van der Waals surface area contributed by atoms with Gasteiger partial charge in [-0.25, -0.2) is 4.79 Å². The molecular weight excluding hydrogens is 248 g/mol. The van der Waals surface area contributed by atoms with Crippen LogP contribution in [0, 0.1) is 11.3 Å². The molecule has 1 N–H and O–H groups in total. The lowest BCUT2D eigenvalue weighted by atomic mass is 10.0. The molecule has 2 rings (SSSR count). The molecular formula is C13H14N2O4. The summed E-state index contributed by atoms with van der Waals surface area (Å²) in [4.78, 5) is 24.4. The number of carbonyl (C=O) groups excluding carboxylic acids is 1. The molecule has 1 aliphatic rings. The van der Waals surface area contributed by atoms with Gasteiger partial charge in [0.15, 0.2) is 0 Å². The van der Waals surface area contributed by atoms with Crippen molar-refractivity contribution in [1.82, 2.24) is 4.90 Å². The zero-order chi connectivity index (χ0) is 13.8. The van der Waals surface area contributed by atoms with Gasteiger partial charge in [0.2, 0.25) is 11.7 Å². The van der Waals surface area contributed by atoms with E-state index in [1.807, 2.05) is 6.07 Å². The first-order valence-corrected chi connectivity index (χ1v) is 6.12. The Balaban J connectivity index is 2.05. The Morgan fingerprint density at radius 3 is 2.63 bits per heavy atom. The first kappa shape index (κ1) is 13.1. The topological polar surface area (TPSA) is 94.5 Å². The van der Waals surface area contributed by atoms with Crippen molar-refractivity contribution in [2.75, 3.05) is 13.1 Å². The number of hydrogen-bond donors (Lipinski definition) is 1. The third kappa shape index (κ3) is 2.94. The summed E-state index contributed by atoms with van der Waals surface area (Å²) in [7, 11) is 0. The number of carboxylic acid groups (broad SMARTS) is 1. The molecule has 0 aromatic carbocycles. The molecule has 0 aliphatic carbocycles. The minimum Gasteiger partial charge on any atom is -0.475 e. The summed E-state index contributed by atoms with van der Waals surface area (Å²) in [5.41, 5.74) is 0. The Hall–Kier alpha value is -2.29. The van der Waals surface area contributed by atoms with Crippen molar-refractivity contribution in [2.45, 2.75) is 25.2 Å². The number of amides is 1. The Kier molecular flexibility index (Phi) is 3.85. The molecule has 1 aromatic rings. The smallest absolute Gasteiger partial charge is 0.371 e. The Labute approximate surface area is 110 Å². The van der Waals surface area contributed by atoms with E-state index in [0.717, 1.165) is 25.9 Å². The van der Waals surface area contributed by atoms with Gasteiger partial charge in [0.1, 0.15) is 11.7 Å². The number of hydrogen-bond acceptors (Lipinski definition) is 4. The fourth-order valence-electron chi connectivity index (χ4n) is 2.14. The monoisotopic (exact) mass is 262 g/mol. The number of nitriles is 1. The first-order valence-electron chi connectivity index (χ1n) is 6.12. The van der Waals surface area contributed by atoms with E-state index >= 15 is 0 Å². The second kappa shape index (κ2) is 5.57. The van der Waals surface area contributed by atoms with Crippen molar-refractivity contribution in [3.63, 3.8) is 0 Å². The molecule has 1 saturated heterocycles. The normalized spacial score (nSPS) is 16.1. The van der Waals surface area contributed by atoms with Crippen molar-refractivity contribution in [1.29, 1.82) is 5.26 Å². The van der Waals surface area contributed by atoms with Gasteiger partial charge in [-0.2, -0.15) is 5.26 Å². The van der Waals surface area contributed by atoms with Crippen LogP contribution in [0.15, 0.2) is 16.5 Å². The molecule has 1 atom stereocenters. The van der Waals surface area contributed by atoms with E-state index in [2.05, 4.69) is 0 Å². The maximum absolute atomic E-state index is 11.9. The zero-order valence-corrected chi connectivity index (χ0v) is 10.3. The summed E-state index contributed by atoms with van der Waals surface area (Å²) in [6.07, 6.45) is 2.02. The maximum Gasteiger partial charge on any atom is 0.371 e. The lowest BCUT2D eigenvalue weighted by Crippen LogP contribution is -2.28. The quantitative estimate of drug-likeness (QED) is 0.889. The number of nitrogens with zero attached hydrogens (tertiary/aromatic N) is 2. The summed E-state index contributed by atoms with van der Waals surface area (Å²) < 4.78 is 5.07. The lowest BCUT2D eigenvalue weighted by Gasteiger charge is -2.16. The average Bonchev–Trinajstić information content (AvgIpc) is 3.05. The van der Waals surface area contributed by atoms with Crippen LogP contribution in [0.3, 0.4) is 0 Å². The van der Waals surface area contributed by atoms with Gasteiger partial charge in [0, 0.05) is 19.5 Å². The Morgan fingerprint density at radius 1 is 1.42 bits per heavy atom. The predicted octanol–water partition coefficient (Wildman–Crippen LogP) is 1.60. The number of aromatic carboxylic acids is 1. The third-order valence-corrected chi connectivity index (χ3v) is 3.17. The van der Waals surface area contributed by atoms with Gasteiger partial charge in [-0.3, -0.25) is 4.79 Å². The van der Waals surface area contributed by atoms with Crippen molar-refractivity contribution >= 4 is 11.9 Å². The Morgan fingerprint density at radius 2 is 2.11 bits per heavy atom. The van der Waals surface area contributed by atoms with Crippen LogP contribution in [0.5, 0.6) is 0 Å². The van der Waals surface area contributed by atoms with Gasteiger partial charge in [-0.05, 0) is 25.0 Å². The number of rotatable bonds is 4. The molecule has 6 nitrogen and oxygen atoms in total. The molecule has 1 aromatic heterocycles. The summed E-state index contributed by atoms with van der Waals surface area (Å²) in [6.45, 7) is 1.46. The van der Waals surface area contributed by atoms with E-state index in [1.54, 1.807) is 4.90 Å². The molecule has 1 unspecified atom stereocenters. The van der Waals surface area contributed by atoms with E-state index in [9.17, 15) is 9.59 Å². The van der Waals surface area contributed by atoms with Gasteiger partial charge in [0.05, 0.1) is 6.07 Å². The zero-order valence-electron chi connectivity index (χ0n) is 10.3. The van der Waals surface area contributed by atoms with Crippen LogP contribution in [0.25, 0.3) is 0 Å². The highest BCUT2D eigenvalue weighted by atomic mass is 16.4. The second-order valence-electron chi connectivity index (χ2n) is 4.48. The van der Waals surface area contributed by atoms with Gasteiger partial charge >= 0.3 is 5.97 Å². The molecule has 2 heterocycles. The molecule has 1 fully saturated rings. The lowest BCUT2D eigenvalue weighted by molar-refractivity contribution is -0.130. The standard InChI is InChI=1S/C13H14N2O4/c14-8-9(7-12(16)15-5-1-2-6-15)10-3-4-11(19-10)13(17)18/h3-4,9H,1-2,5-7H2,(H,17,18). The second-order valence-corrected chi connectivity index (χ2v) is 4.48. The van der Waals surface area contributed by atoms with Crippen LogP contribution in [-0.4, -0.2) is 35.0 Å². The highest BCUT2D eigenvalue weighted by Gasteiger charge is 2.25. The van der Waals surface area contributed by atoms with E-state index in [1.165, 1.54) is 12.1 Å². The fourth-order valence-corrected chi connectivity index (χ4v) is 2.14. The molecule has 100 valence electrons. The number of furan rings is 1. The minimum atomic E-state index is -1.19. The van der Waals surface area contributed by atoms with Crippen molar-refractivity contribution in [3.8, 4) is 6.07 Å². The van der Waals surface area contributed by atoms with Crippen LogP contribution in [0.2, 0.25) is 0 Å². The van der Waals surface area contributed by atoms with Crippen molar-refractivity contribution < 1.29 is 19.1 Å². The highest BCUT2D eigenvalue weighted by molar-refractivity contribution is 5.84. The largest absolute Gasteiger partial charge is 0.475 e. The number of likely N-dealkylation sites (tertiary alicyclic amines) is 1. The molecule has 6 heteroatoms. The predicted molar refractivity (Wildman–Crippen MR) is 64.5 cm³/mol. The van der Waals surface area contributed by atoms with Crippen LogP contribution in [0.4, 0.5) is 0 Å². The third-order valence-electron chi connectivity index (χ3n) is 3.17. The Bertz CT molecular complexity index is 523. The highest BCUT2D eigenvalue weighted by Crippen LogP contribution is 2.23. The number of carbonyl (C=O) groups is 2. The molecule has 0 bridgehead atoms. The summed E-state index contributed by atoms with van der Waals surface area (Å²) in [5, 5.41) is 17.8.